The third-order valence-electron chi connectivity index (χ3n) is 2.25. The average molecular weight is 338 g/mol. The molecule has 0 radical (unpaired) electrons. The number of benzene rings is 2. The van der Waals surface area contributed by atoms with Crippen molar-refractivity contribution in [2.24, 2.45) is 0 Å². The normalized spacial score (nSPS) is 9.94. The maximum absolute atomic E-state index is 11.7. The first-order chi connectivity index (χ1) is 8.25. The van der Waals surface area contributed by atoms with Crippen molar-refractivity contribution in [3.8, 4) is 5.75 Å². The second kappa shape index (κ2) is 5.82. The summed E-state index contributed by atoms with van der Waals surface area (Å²) in [7, 11) is 0. The van der Waals surface area contributed by atoms with Gasteiger partial charge >= 0.3 is 5.97 Å². The molecule has 0 N–H and O–H groups in total. The van der Waals surface area contributed by atoms with Gasteiger partial charge in [-0.05, 0) is 40.3 Å². The number of ether oxygens (including phenoxy) is 1. The van der Waals surface area contributed by atoms with Gasteiger partial charge in [-0.2, -0.15) is 0 Å². The van der Waals surface area contributed by atoms with Crippen LogP contribution in [0.4, 0.5) is 0 Å². The van der Waals surface area contributed by atoms with Crippen LogP contribution in [0.2, 0.25) is 0 Å². The molecule has 0 aliphatic heterocycles. The van der Waals surface area contributed by atoms with E-state index in [1.165, 1.54) is 0 Å². The number of carbonyl (C=O) groups excluding carboxylic acids is 1. The number of halogens is 1. The fraction of sp³-hybridized carbons (Fsp3) is 0.0714. The fourth-order valence-electron chi connectivity index (χ4n) is 1.45. The van der Waals surface area contributed by atoms with Gasteiger partial charge < -0.3 is 4.74 Å². The van der Waals surface area contributed by atoms with E-state index in [0.717, 1.165) is 9.13 Å². The first kappa shape index (κ1) is 12.1. The maximum Gasteiger partial charge on any atom is 0.315 e. The zero-order valence-corrected chi connectivity index (χ0v) is 11.3. The predicted molar refractivity (Wildman–Crippen MR) is 74.9 cm³/mol. The molecule has 0 aromatic heterocycles. The largest absolute Gasteiger partial charge is 0.425 e. The van der Waals surface area contributed by atoms with Gasteiger partial charge in [0.05, 0.1) is 9.99 Å². The van der Waals surface area contributed by atoms with Gasteiger partial charge in [-0.25, -0.2) is 0 Å². The van der Waals surface area contributed by atoms with Crippen LogP contribution in [0.3, 0.4) is 0 Å². The third-order valence-corrected chi connectivity index (χ3v) is 3.14. The zero-order valence-electron chi connectivity index (χ0n) is 9.10. The minimum atomic E-state index is -0.236. The summed E-state index contributed by atoms with van der Waals surface area (Å²) in [5, 5.41) is 0. The van der Waals surface area contributed by atoms with Crippen molar-refractivity contribution in [3.63, 3.8) is 0 Å². The van der Waals surface area contributed by atoms with Crippen LogP contribution in [0.25, 0.3) is 0 Å². The van der Waals surface area contributed by atoms with E-state index < -0.39 is 0 Å². The molecule has 0 saturated heterocycles. The lowest BCUT2D eigenvalue weighted by atomic mass is 10.2. The molecule has 0 atom stereocenters. The molecule has 86 valence electrons. The molecule has 0 heterocycles. The number of rotatable bonds is 3. The van der Waals surface area contributed by atoms with Gasteiger partial charge in [-0.15, -0.1) is 0 Å². The van der Waals surface area contributed by atoms with Crippen molar-refractivity contribution in [2.45, 2.75) is 6.42 Å². The summed E-state index contributed by atoms with van der Waals surface area (Å²) in [4.78, 5) is 11.7. The van der Waals surface area contributed by atoms with Crippen molar-refractivity contribution >= 4 is 28.6 Å². The van der Waals surface area contributed by atoms with Crippen molar-refractivity contribution in [3.05, 3.63) is 63.7 Å². The van der Waals surface area contributed by atoms with Crippen molar-refractivity contribution < 1.29 is 9.53 Å². The van der Waals surface area contributed by atoms with Crippen LogP contribution >= 0.6 is 22.6 Å². The predicted octanol–water partition coefficient (Wildman–Crippen LogP) is 3.44. The minimum absolute atomic E-state index is 0.236. The summed E-state index contributed by atoms with van der Waals surface area (Å²) >= 11 is 2.15. The van der Waals surface area contributed by atoms with E-state index in [2.05, 4.69) is 22.6 Å². The van der Waals surface area contributed by atoms with Crippen LogP contribution in [0.15, 0.2) is 54.6 Å². The summed E-state index contributed by atoms with van der Waals surface area (Å²) in [6.07, 6.45) is 0.297. The van der Waals surface area contributed by atoms with Gasteiger partial charge in [0.2, 0.25) is 0 Å². The number of hydrogen-bond donors (Lipinski definition) is 0. The molecule has 0 unspecified atom stereocenters. The Balaban J connectivity index is 2.01. The molecular weight excluding hydrogens is 327 g/mol. The molecule has 0 aliphatic rings. The topological polar surface area (TPSA) is 26.3 Å². The summed E-state index contributed by atoms with van der Waals surface area (Å²) in [5.41, 5.74) is 0.962. The van der Waals surface area contributed by atoms with Crippen molar-refractivity contribution in [2.75, 3.05) is 0 Å². The number of esters is 1. The van der Waals surface area contributed by atoms with Crippen LogP contribution in [0, 0.1) is 3.57 Å². The van der Waals surface area contributed by atoms with Crippen LogP contribution in [-0.4, -0.2) is 5.97 Å². The maximum atomic E-state index is 11.7. The smallest absolute Gasteiger partial charge is 0.315 e. The van der Waals surface area contributed by atoms with E-state index in [0.29, 0.717) is 12.2 Å². The Morgan fingerprint density at radius 3 is 2.35 bits per heavy atom. The quantitative estimate of drug-likeness (QED) is 0.487. The van der Waals surface area contributed by atoms with E-state index in [-0.39, 0.29) is 5.97 Å². The Labute approximate surface area is 114 Å². The molecule has 17 heavy (non-hydrogen) atoms. The van der Waals surface area contributed by atoms with E-state index >= 15 is 0 Å². The Morgan fingerprint density at radius 2 is 1.65 bits per heavy atom. The Bertz CT molecular complexity index is 509. The van der Waals surface area contributed by atoms with Gasteiger partial charge in [0.15, 0.2) is 0 Å². The molecule has 0 aliphatic carbocycles. The molecule has 2 rings (SSSR count). The standard InChI is InChI=1S/C14H11IO2/c15-12-8-4-5-9-13(12)17-14(16)10-11-6-2-1-3-7-11/h1-9H,10H2. The summed E-state index contributed by atoms with van der Waals surface area (Å²) in [6, 6.07) is 17.0. The molecule has 0 bridgehead atoms. The fourth-order valence-corrected chi connectivity index (χ4v) is 1.95. The summed E-state index contributed by atoms with van der Waals surface area (Å²) in [5.74, 6) is 0.384. The Morgan fingerprint density at radius 1 is 1.00 bits per heavy atom. The highest BCUT2D eigenvalue weighted by Crippen LogP contribution is 2.20. The highest BCUT2D eigenvalue weighted by atomic mass is 127. The van der Waals surface area contributed by atoms with Gasteiger partial charge in [0.1, 0.15) is 5.75 Å². The molecule has 2 nitrogen and oxygen atoms in total. The molecule has 0 spiro atoms. The van der Waals surface area contributed by atoms with Crippen LogP contribution < -0.4 is 4.74 Å². The SMILES string of the molecule is O=C(Cc1ccccc1)Oc1ccccc1I. The lowest BCUT2D eigenvalue weighted by molar-refractivity contribution is -0.133. The van der Waals surface area contributed by atoms with E-state index in [4.69, 9.17) is 4.74 Å². The highest BCUT2D eigenvalue weighted by molar-refractivity contribution is 14.1. The third kappa shape index (κ3) is 3.56. The highest BCUT2D eigenvalue weighted by Gasteiger charge is 2.07. The van der Waals surface area contributed by atoms with Crippen LogP contribution in [-0.2, 0) is 11.2 Å². The molecule has 0 saturated carbocycles. The van der Waals surface area contributed by atoms with E-state index in [1.54, 1.807) is 6.07 Å². The molecule has 2 aromatic carbocycles. The zero-order chi connectivity index (χ0) is 12.1. The monoisotopic (exact) mass is 338 g/mol. The number of para-hydroxylation sites is 1. The van der Waals surface area contributed by atoms with E-state index in [9.17, 15) is 4.79 Å². The molecule has 2 aromatic rings. The van der Waals surface area contributed by atoms with Gasteiger partial charge in [0, 0.05) is 0 Å². The van der Waals surface area contributed by atoms with Gasteiger partial charge in [-0.1, -0.05) is 42.5 Å². The Hall–Kier alpha value is -1.36. The van der Waals surface area contributed by atoms with E-state index in [1.807, 2.05) is 48.5 Å². The minimum Gasteiger partial charge on any atom is -0.425 e. The van der Waals surface area contributed by atoms with Gasteiger partial charge in [0.25, 0.3) is 0 Å². The van der Waals surface area contributed by atoms with Crippen molar-refractivity contribution in [1.29, 1.82) is 0 Å². The molecular formula is C14H11IO2. The second-order valence-electron chi connectivity index (χ2n) is 3.57. The average Bonchev–Trinajstić information content (AvgIpc) is 2.33. The lowest BCUT2D eigenvalue weighted by Gasteiger charge is -2.05. The number of hydrogen-bond acceptors (Lipinski definition) is 2. The first-order valence-corrected chi connectivity index (χ1v) is 6.33. The van der Waals surface area contributed by atoms with Crippen LogP contribution in [0.5, 0.6) is 5.75 Å². The van der Waals surface area contributed by atoms with Crippen molar-refractivity contribution in [1.82, 2.24) is 0 Å². The first-order valence-electron chi connectivity index (χ1n) is 5.25. The van der Waals surface area contributed by atoms with Crippen LogP contribution in [0.1, 0.15) is 5.56 Å². The molecule has 3 heteroatoms. The number of carbonyl (C=O) groups is 1. The molecule has 0 amide bonds. The second-order valence-corrected chi connectivity index (χ2v) is 4.73. The molecule has 0 fully saturated rings. The lowest BCUT2D eigenvalue weighted by Crippen LogP contribution is -2.11. The summed E-state index contributed by atoms with van der Waals surface area (Å²) in [6.45, 7) is 0. The van der Waals surface area contributed by atoms with Gasteiger partial charge in [-0.3, -0.25) is 4.79 Å². The summed E-state index contributed by atoms with van der Waals surface area (Å²) < 4.78 is 6.24. The Kier molecular flexibility index (Phi) is 4.14.